The lowest BCUT2D eigenvalue weighted by atomic mass is 9.98. The predicted octanol–water partition coefficient (Wildman–Crippen LogP) is 2.66. The standard InChI is InChI=1S/C10H18O2/c1-2-6-10(11)12-9-7-4-3-5-8-9/h9H,2-8H2,1H3. The van der Waals surface area contributed by atoms with Crippen LogP contribution in [0.3, 0.4) is 0 Å². The van der Waals surface area contributed by atoms with E-state index >= 15 is 0 Å². The summed E-state index contributed by atoms with van der Waals surface area (Å²) < 4.78 is 5.29. The fourth-order valence-electron chi connectivity index (χ4n) is 1.63. The van der Waals surface area contributed by atoms with Crippen LogP contribution in [0.25, 0.3) is 0 Å². The summed E-state index contributed by atoms with van der Waals surface area (Å²) in [7, 11) is 0. The molecule has 0 unspecified atom stereocenters. The van der Waals surface area contributed by atoms with Gasteiger partial charge in [-0.1, -0.05) is 13.3 Å². The average molecular weight is 170 g/mol. The number of esters is 1. The van der Waals surface area contributed by atoms with E-state index < -0.39 is 0 Å². The van der Waals surface area contributed by atoms with Gasteiger partial charge in [0.2, 0.25) is 0 Å². The summed E-state index contributed by atoms with van der Waals surface area (Å²) in [6.07, 6.45) is 7.63. The molecule has 1 aliphatic carbocycles. The zero-order valence-corrected chi connectivity index (χ0v) is 7.84. The normalized spacial score (nSPS) is 19.1. The number of carbonyl (C=O) groups excluding carboxylic acids is 1. The first-order valence-corrected chi connectivity index (χ1v) is 5.02. The van der Waals surface area contributed by atoms with E-state index in [1.807, 2.05) is 6.92 Å². The van der Waals surface area contributed by atoms with Gasteiger partial charge >= 0.3 is 5.97 Å². The summed E-state index contributed by atoms with van der Waals surface area (Å²) in [5.74, 6) is -0.00981. The Morgan fingerprint density at radius 3 is 2.58 bits per heavy atom. The van der Waals surface area contributed by atoms with Crippen molar-refractivity contribution in [3.05, 3.63) is 0 Å². The van der Waals surface area contributed by atoms with Gasteiger partial charge in [0.25, 0.3) is 0 Å². The first-order valence-electron chi connectivity index (χ1n) is 5.02. The highest BCUT2D eigenvalue weighted by Gasteiger charge is 2.16. The van der Waals surface area contributed by atoms with Gasteiger partial charge in [-0.05, 0) is 32.1 Å². The molecule has 0 aromatic carbocycles. The van der Waals surface area contributed by atoms with Crippen molar-refractivity contribution in [1.29, 1.82) is 0 Å². The molecule has 0 bridgehead atoms. The fourth-order valence-corrected chi connectivity index (χ4v) is 1.63. The fraction of sp³-hybridized carbons (Fsp3) is 0.900. The zero-order chi connectivity index (χ0) is 8.81. The Balaban J connectivity index is 2.15. The van der Waals surface area contributed by atoms with Crippen molar-refractivity contribution in [2.24, 2.45) is 0 Å². The van der Waals surface area contributed by atoms with Crippen molar-refractivity contribution in [3.63, 3.8) is 0 Å². The smallest absolute Gasteiger partial charge is 0.306 e. The quantitative estimate of drug-likeness (QED) is 0.609. The van der Waals surface area contributed by atoms with E-state index in [0.29, 0.717) is 6.42 Å². The molecular formula is C10H18O2. The van der Waals surface area contributed by atoms with Crippen LogP contribution in [-0.2, 0) is 9.53 Å². The lowest BCUT2D eigenvalue weighted by Gasteiger charge is -2.21. The molecule has 1 rings (SSSR count). The molecule has 1 saturated carbocycles. The van der Waals surface area contributed by atoms with Crippen LogP contribution in [0.2, 0.25) is 0 Å². The van der Waals surface area contributed by atoms with Gasteiger partial charge in [-0.2, -0.15) is 0 Å². The Bertz CT molecular complexity index is 137. The van der Waals surface area contributed by atoms with E-state index in [0.717, 1.165) is 19.3 Å². The van der Waals surface area contributed by atoms with Gasteiger partial charge in [-0.15, -0.1) is 0 Å². The summed E-state index contributed by atoms with van der Waals surface area (Å²) in [5, 5.41) is 0. The van der Waals surface area contributed by atoms with Crippen LogP contribution in [0.4, 0.5) is 0 Å². The Labute approximate surface area is 74.3 Å². The number of hydrogen-bond donors (Lipinski definition) is 0. The predicted molar refractivity (Wildman–Crippen MR) is 47.9 cm³/mol. The Hall–Kier alpha value is -0.530. The molecule has 70 valence electrons. The van der Waals surface area contributed by atoms with Gasteiger partial charge in [0.1, 0.15) is 6.10 Å². The highest BCUT2D eigenvalue weighted by molar-refractivity contribution is 5.69. The van der Waals surface area contributed by atoms with E-state index in [4.69, 9.17) is 4.74 Å². The van der Waals surface area contributed by atoms with Crippen LogP contribution in [0.1, 0.15) is 51.9 Å². The molecule has 0 N–H and O–H groups in total. The van der Waals surface area contributed by atoms with E-state index in [2.05, 4.69) is 0 Å². The van der Waals surface area contributed by atoms with Crippen LogP contribution in [0.5, 0.6) is 0 Å². The summed E-state index contributed by atoms with van der Waals surface area (Å²) in [6, 6.07) is 0. The van der Waals surface area contributed by atoms with Gasteiger partial charge in [0.05, 0.1) is 0 Å². The molecule has 0 atom stereocenters. The molecule has 1 fully saturated rings. The summed E-state index contributed by atoms with van der Waals surface area (Å²) in [4.78, 5) is 11.1. The molecule has 0 aliphatic heterocycles. The Morgan fingerprint density at radius 1 is 1.33 bits per heavy atom. The lowest BCUT2D eigenvalue weighted by molar-refractivity contribution is -0.150. The van der Waals surface area contributed by atoms with E-state index in [1.165, 1.54) is 19.3 Å². The van der Waals surface area contributed by atoms with Gasteiger partial charge < -0.3 is 4.74 Å². The molecule has 0 amide bonds. The molecular weight excluding hydrogens is 152 g/mol. The van der Waals surface area contributed by atoms with Crippen LogP contribution in [0.15, 0.2) is 0 Å². The van der Waals surface area contributed by atoms with E-state index in [-0.39, 0.29) is 12.1 Å². The molecule has 2 nitrogen and oxygen atoms in total. The third-order valence-electron chi connectivity index (χ3n) is 2.30. The molecule has 12 heavy (non-hydrogen) atoms. The number of carbonyl (C=O) groups is 1. The summed E-state index contributed by atoms with van der Waals surface area (Å²) in [5.41, 5.74) is 0. The van der Waals surface area contributed by atoms with Crippen LogP contribution in [-0.4, -0.2) is 12.1 Å². The maximum absolute atomic E-state index is 11.1. The van der Waals surface area contributed by atoms with Crippen LogP contribution < -0.4 is 0 Å². The molecule has 0 spiro atoms. The van der Waals surface area contributed by atoms with Gasteiger partial charge in [-0.25, -0.2) is 0 Å². The Morgan fingerprint density at radius 2 is 2.00 bits per heavy atom. The number of rotatable bonds is 3. The van der Waals surface area contributed by atoms with E-state index in [9.17, 15) is 4.79 Å². The van der Waals surface area contributed by atoms with Crippen molar-refractivity contribution >= 4 is 5.97 Å². The highest BCUT2D eigenvalue weighted by Crippen LogP contribution is 2.20. The number of hydrogen-bond acceptors (Lipinski definition) is 2. The Kier molecular flexibility index (Phi) is 4.12. The molecule has 2 heteroatoms. The minimum atomic E-state index is -0.00981. The average Bonchev–Trinajstić information content (AvgIpc) is 2.06. The van der Waals surface area contributed by atoms with Gasteiger partial charge in [0.15, 0.2) is 0 Å². The zero-order valence-electron chi connectivity index (χ0n) is 7.84. The van der Waals surface area contributed by atoms with Crippen molar-refractivity contribution in [2.75, 3.05) is 0 Å². The second-order valence-corrected chi connectivity index (χ2v) is 3.50. The maximum atomic E-state index is 11.1. The van der Waals surface area contributed by atoms with Crippen LogP contribution in [0, 0.1) is 0 Å². The minimum absolute atomic E-state index is 0.00981. The largest absolute Gasteiger partial charge is 0.462 e. The monoisotopic (exact) mass is 170 g/mol. The molecule has 1 aliphatic rings. The first-order chi connectivity index (χ1) is 5.83. The van der Waals surface area contributed by atoms with Crippen molar-refractivity contribution in [1.82, 2.24) is 0 Å². The van der Waals surface area contributed by atoms with Gasteiger partial charge in [-0.3, -0.25) is 4.79 Å². The van der Waals surface area contributed by atoms with Crippen molar-refractivity contribution in [3.8, 4) is 0 Å². The summed E-state index contributed by atoms with van der Waals surface area (Å²) in [6.45, 7) is 2.00. The van der Waals surface area contributed by atoms with E-state index in [1.54, 1.807) is 0 Å². The third kappa shape index (κ3) is 3.24. The topological polar surface area (TPSA) is 26.3 Å². The lowest BCUT2D eigenvalue weighted by Crippen LogP contribution is -2.20. The highest BCUT2D eigenvalue weighted by atomic mass is 16.5. The molecule has 0 heterocycles. The second kappa shape index (κ2) is 5.18. The SMILES string of the molecule is CCCC(=O)OC1CCCCC1. The second-order valence-electron chi connectivity index (χ2n) is 3.50. The van der Waals surface area contributed by atoms with Gasteiger partial charge in [0, 0.05) is 6.42 Å². The molecule has 0 aromatic heterocycles. The molecule has 0 aromatic rings. The van der Waals surface area contributed by atoms with Crippen molar-refractivity contribution in [2.45, 2.75) is 58.0 Å². The first kappa shape index (κ1) is 9.56. The summed E-state index contributed by atoms with van der Waals surface area (Å²) >= 11 is 0. The van der Waals surface area contributed by atoms with Crippen LogP contribution >= 0.6 is 0 Å². The minimum Gasteiger partial charge on any atom is -0.462 e. The maximum Gasteiger partial charge on any atom is 0.306 e. The molecule has 0 saturated heterocycles. The third-order valence-corrected chi connectivity index (χ3v) is 2.30. The molecule has 0 radical (unpaired) electrons. The van der Waals surface area contributed by atoms with Crippen molar-refractivity contribution < 1.29 is 9.53 Å². The number of ether oxygens (including phenoxy) is 1.